The second-order valence-electron chi connectivity index (χ2n) is 9.13. The zero-order valence-corrected chi connectivity index (χ0v) is 20.8. The second-order valence-corrected chi connectivity index (χ2v) is 9.13. The van der Waals surface area contributed by atoms with Crippen LogP contribution in [0.4, 0.5) is 5.69 Å². The molecule has 0 saturated heterocycles. The summed E-state index contributed by atoms with van der Waals surface area (Å²) in [5, 5.41) is 20.1. The number of benzene rings is 1. The van der Waals surface area contributed by atoms with Gasteiger partial charge in [0, 0.05) is 41.8 Å². The van der Waals surface area contributed by atoms with E-state index >= 15 is 0 Å². The third kappa shape index (κ3) is 6.35. The zero-order chi connectivity index (χ0) is 25.5. The number of hydrogen-bond donors (Lipinski definition) is 2. The Morgan fingerprint density at radius 3 is 2.44 bits per heavy atom. The number of unbranched alkanes of at least 4 members (excludes halogenated alkanes) is 5. The number of nitrogens with one attached hydrogen (secondary N) is 1. The Morgan fingerprint density at radius 2 is 1.69 bits per heavy atom. The molecule has 188 valence electrons. The van der Waals surface area contributed by atoms with Gasteiger partial charge in [0.1, 0.15) is 11.3 Å². The molecular weight excluding hydrogens is 456 g/mol. The van der Waals surface area contributed by atoms with Gasteiger partial charge in [-0.25, -0.2) is 4.98 Å². The van der Waals surface area contributed by atoms with Crippen molar-refractivity contribution in [1.29, 1.82) is 0 Å². The molecule has 1 amide bonds. The Morgan fingerprint density at radius 1 is 0.972 bits per heavy atom. The van der Waals surface area contributed by atoms with Crippen molar-refractivity contribution in [3.8, 4) is 11.3 Å². The predicted molar refractivity (Wildman–Crippen MR) is 138 cm³/mol. The summed E-state index contributed by atoms with van der Waals surface area (Å²) < 4.78 is 3.77. The minimum absolute atomic E-state index is 0.199. The van der Waals surface area contributed by atoms with Crippen LogP contribution in [-0.2, 0) is 11.3 Å². The highest BCUT2D eigenvalue weighted by Crippen LogP contribution is 2.21. The van der Waals surface area contributed by atoms with Crippen molar-refractivity contribution in [1.82, 2.24) is 24.4 Å². The summed E-state index contributed by atoms with van der Waals surface area (Å²) >= 11 is 0. The average Bonchev–Trinajstić information content (AvgIpc) is 3.48. The second kappa shape index (κ2) is 11.6. The van der Waals surface area contributed by atoms with E-state index in [1.54, 1.807) is 6.07 Å². The molecule has 9 heteroatoms. The molecule has 0 atom stereocenters. The summed E-state index contributed by atoms with van der Waals surface area (Å²) in [5.74, 6) is -0.916. The van der Waals surface area contributed by atoms with E-state index < -0.39 is 5.97 Å². The maximum Gasteiger partial charge on any atom is 0.303 e. The van der Waals surface area contributed by atoms with Crippen LogP contribution in [0.1, 0.15) is 66.7 Å². The third-order valence-electron chi connectivity index (χ3n) is 6.19. The average molecular weight is 489 g/mol. The van der Waals surface area contributed by atoms with Gasteiger partial charge in [0.25, 0.3) is 5.91 Å². The number of carbonyl (C=O) groups excluding carboxylic acids is 1. The molecule has 36 heavy (non-hydrogen) atoms. The number of carbonyl (C=O) groups is 2. The minimum Gasteiger partial charge on any atom is -0.481 e. The molecule has 0 saturated carbocycles. The number of rotatable bonds is 12. The zero-order valence-electron chi connectivity index (χ0n) is 20.8. The van der Waals surface area contributed by atoms with Gasteiger partial charge in [-0.2, -0.15) is 0 Å². The molecular formula is C27H32N6O3. The molecule has 2 N–H and O–H groups in total. The molecule has 9 nitrogen and oxygen atoms in total. The lowest BCUT2D eigenvalue weighted by Crippen LogP contribution is -2.12. The molecule has 0 unspecified atom stereocenters. The van der Waals surface area contributed by atoms with Crippen molar-refractivity contribution in [3.05, 3.63) is 65.7 Å². The molecule has 1 aromatic carbocycles. The van der Waals surface area contributed by atoms with Gasteiger partial charge in [0.05, 0.1) is 11.8 Å². The molecule has 0 aliphatic rings. The fraction of sp³-hybridized carbons (Fsp3) is 0.370. The van der Waals surface area contributed by atoms with Gasteiger partial charge in [-0.05, 0) is 51.0 Å². The van der Waals surface area contributed by atoms with Crippen molar-refractivity contribution >= 4 is 23.2 Å². The van der Waals surface area contributed by atoms with Crippen molar-refractivity contribution in [2.24, 2.45) is 0 Å². The number of hydrogen-bond acceptors (Lipinski definition) is 5. The molecule has 3 aromatic heterocycles. The highest BCUT2D eigenvalue weighted by molar-refractivity contribution is 6.08. The van der Waals surface area contributed by atoms with Crippen molar-refractivity contribution < 1.29 is 14.7 Å². The maximum absolute atomic E-state index is 12.9. The smallest absolute Gasteiger partial charge is 0.303 e. The van der Waals surface area contributed by atoms with Gasteiger partial charge in [0.15, 0.2) is 0 Å². The summed E-state index contributed by atoms with van der Waals surface area (Å²) in [4.78, 5) is 27.9. The van der Waals surface area contributed by atoms with E-state index in [1.807, 2.05) is 65.7 Å². The lowest BCUT2D eigenvalue weighted by molar-refractivity contribution is -0.137. The molecule has 0 aliphatic carbocycles. The number of carboxylic acid groups (broad SMARTS) is 1. The Bertz CT molecular complexity index is 1340. The van der Waals surface area contributed by atoms with Gasteiger partial charge in [-0.15, -0.1) is 5.10 Å². The number of fused-ring (bicyclic) bond motifs is 1. The topological polar surface area (TPSA) is 114 Å². The van der Waals surface area contributed by atoms with Crippen LogP contribution in [-0.4, -0.2) is 41.4 Å². The van der Waals surface area contributed by atoms with Crippen molar-refractivity contribution in [3.63, 3.8) is 0 Å². The van der Waals surface area contributed by atoms with E-state index in [4.69, 9.17) is 5.11 Å². The predicted octanol–water partition coefficient (Wildman–Crippen LogP) is 5.28. The normalized spacial score (nSPS) is 11.2. The number of amides is 1. The first kappa shape index (κ1) is 25.1. The van der Waals surface area contributed by atoms with Crippen molar-refractivity contribution in [2.75, 3.05) is 5.32 Å². The summed E-state index contributed by atoms with van der Waals surface area (Å²) in [6, 6.07) is 11.3. The molecule has 0 radical (unpaired) electrons. The number of anilines is 1. The van der Waals surface area contributed by atoms with E-state index in [2.05, 4.69) is 20.6 Å². The Balaban J connectivity index is 1.27. The molecule has 0 fully saturated rings. The fourth-order valence-electron chi connectivity index (χ4n) is 4.29. The van der Waals surface area contributed by atoms with Crippen LogP contribution in [0.15, 0.2) is 48.8 Å². The highest BCUT2D eigenvalue weighted by atomic mass is 16.4. The summed E-state index contributed by atoms with van der Waals surface area (Å²) in [5.41, 5.74) is 5.50. The van der Waals surface area contributed by atoms with E-state index in [9.17, 15) is 9.59 Å². The highest BCUT2D eigenvalue weighted by Gasteiger charge is 2.14. The number of aliphatic carboxylic acids is 1. The van der Waals surface area contributed by atoms with E-state index in [0.717, 1.165) is 67.7 Å². The van der Waals surface area contributed by atoms with Crippen LogP contribution in [0.2, 0.25) is 0 Å². The number of aromatic nitrogens is 5. The van der Waals surface area contributed by atoms with Crippen LogP contribution >= 0.6 is 0 Å². The van der Waals surface area contributed by atoms with Gasteiger partial charge in [0.2, 0.25) is 0 Å². The minimum atomic E-state index is -0.718. The Hall–Kier alpha value is -4.01. The summed E-state index contributed by atoms with van der Waals surface area (Å²) in [6.07, 6.45) is 10.0. The van der Waals surface area contributed by atoms with Crippen molar-refractivity contribution in [2.45, 2.75) is 65.3 Å². The monoisotopic (exact) mass is 488 g/mol. The molecule has 4 rings (SSSR count). The molecule has 0 spiro atoms. The number of aryl methyl sites for hydroxylation is 3. The molecule has 4 aromatic rings. The first-order valence-electron chi connectivity index (χ1n) is 12.4. The Labute approximate surface area is 210 Å². The SMILES string of the molecule is Cc1cc(C)n2ccc(C(=O)Nc3ccc(-c4cn(CCCCCCCCC(=O)O)nn4)cc3)c2n1. The molecule has 0 bridgehead atoms. The van der Waals surface area contributed by atoms with Crippen LogP contribution < -0.4 is 5.32 Å². The van der Waals surface area contributed by atoms with Crippen LogP contribution in [0, 0.1) is 13.8 Å². The van der Waals surface area contributed by atoms with Crippen LogP contribution in [0.5, 0.6) is 0 Å². The Kier molecular flexibility index (Phi) is 8.10. The van der Waals surface area contributed by atoms with Gasteiger partial charge >= 0.3 is 5.97 Å². The lowest BCUT2D eigenvalue weighted by atomic mass is 10.1. The lowest BCUT2D eigenvalue weighted by Gasteiger charge is -2.07. The summed E-state index contributed by atoms with van der Waals surface area (Å²) in [7, 11) is 0. The van der Waals surface area contributed by atoms with E-state index in [1.165, 1.54) is 0 Å². The van der Waals surface area contributed by atoms with Gasteiger partial charge < -0.3 is 14.8 Å². The van der Waals surface area contributed by atoms with Gasteiger partial charge in [-0.3, -0.25) is 14.3 Å². The largest absolute Gasteiger partial charge is 0.481 e. The van der Waals surface area contributed by atoms with Crippen LogP contribution in [0.3, 0.4) is 0 Å². The standard InChI is InChI=1S/C27H32N6O3/c1-19-17-20(2)33-16-14-23(26(33)28-19)27(36)29-22-12-10-21(11-13-22)24-18-32(31-30-24)15-8-6-4-3-5-7-9-25(34)35/h10-14,16-18H,3-9,15H2,1-2H3,(H,29,36)(H,34,35). The quantitative estimate of drug-likeness (QED) is 0.262. The van der Waals surface area contributed by atoms with E-state index in [-0.39, 0.29) is 12.3 Å². The first-order valence-corrected chi connectivity index (χ1v) is 12.4. The maximum atomic E-state index is 12.9. The third-order valence-corrected chi connectivity index (χ3v) is 6.19. The van der Waals surface area contributed by atoms with Gasteiger partial charge in [-0.1, -0.05) is 43.0 Å². The summed E-state index contributed by atoms with van der Waals surface area (Å²) in [6.45, 7) is 4.71. The van der Waals surface area contributed by atoms with Crippen LogP contribution in [0.25, 0.3) is 16.9 Å². The molecule has 0 aliphatic heterocycles. The number of carboxylic acids is 1. The first-order chi connectivity index (χ1) is 17.4. The van der Waals surface area contributed by atoms with E-state index in [0.29, 0.717) is 16.9 Å². The molecule has 3 heterocycles. The fourth-order valence-corrected chi connectivity index (χ4v) is 4.29. The number of nitrogens with zero attached hydrogens (tertiary/aromatic N) is 5.